The molecule has 1 saturated heterocycles. The van der Waals surface area contributed by atoms with Crippen LogP contribution in [-0.2, 0) is 4.74 Å². The van der Waals surface area contributed by atoms with E-state index < -0.39 is 12.3 Å². The third-order valence-corrected chi connectivity index (χ3v) is 5.91. The second-order valence-electron chi connectivity index (χ2n) is 8.66. The van der Waals surface area contributed by atoms with Crippen molar-refractivity contribution in [1.82, 2.24) is 4.98 Å². The first-order valence-corrected chi connectivity index (χ1v) is 11.2. The minimum Gasteiger partial charge on any atom is -0.406 e. The Bertz CT molecular complexity index is 1200. The molecule has 1 aliphatic heterocycles. The molecule has 6 nitrogen and oxygen atoms in total. The van der Waals surface area contributed by atoms with E-state index in [4.69, 9.17) is 10.5 Å². The monoisotopic (exact) mass is 485 g/mol. The summed E-state index contributed by atoms with van der Waals surface area (Å²) < 4.78 is 47.1. The summed E-state index contributed by atoms with van der Waals surface area (Å²) in [6.45, 7) is 7.29. The van der Waals surface area contributed by atoms with E-state index in [0.717, 1.165) is 24.5 Å². The molecule has 2 N–H and O–H groups in total. The van der Waals surface area contributed by atoms with Crippen LogP contribution in [0.3, 0.4) is 0 Å². The van der Waals surface area contributed by atoms with Crippen LogP contribution in [0.25, 0.3) is 22.3 Å². The van der Waals surface area contributed by atoms with Crippen LogP contribution in [0.1, 0.15) is 29.8 Å². The van der Waals surface area contributed by atoms with Gasteiger partial charge in [-0.25, -0.2) is 4.98 Å². The normalized spacial score (nSPS) is 18.4. The zero-order valence-corrected chi connectivity index (χ0v) is 19.6. The van der Waals surface area contributed by atoms with Gasteiger partial charge >= 0.3 is 6.36 Å². The molecule has 3 aromatic rings. The number of benzene rings is 2. The highest BCUT2D eigenvalue weighted by molar-refractivity contribution is 6.03. The molecule has 9 heteroatoms. The predicted octanol–water partition coefficient (Wildman–Crippen LogP) is 5.34. The topological polar surface area (TPSA) is 77.7 Å². The molecule has 2 aromatic carbocycles. The van der Waals surface area contributed by atoms with Gasteiger partial charge in [0.05, 0.1) is 17.8 Å². The SMILES string of the molecule is Cc1c(-c2ccc(OC(F)(F)F)cc2)ccc(-c2ccc(N3C[C@@H](C)O[C@@H](C)C3)nc2)c1C(N)=O. The number of hydrogen-bond donors (Lipinski definition) is 1. The maximum Gasteiger partial charge on any atom is 0.573 e. The number of ether oxygens (including phenoxy) is 2. The number of rotatable bonds is 5. The van der Waals surface area contributed by atoms with Crippen molar-refractivity contribution in [2.45, 2.75) is 39.3 Å². The summed E-state index contributed by atoms with van der Waals surface area (Å²) in [7, 11) is 0. The standard InChI is InChI=1S/C26H26F3N3O3/c1-15-13-32(14-16(2)34-15)23-11-6-19(12-31-23)22-10-9-21(17(3)24(22)25(30)33)18-4-7-20(8-5-18)35-26(27,28)29/h4-12,15-16H,13-14H2,1-3H3,(H2,30,33)/t15-,16+. The summed E-state index contributed by atoms with van der Waals surface area (Å²) >= 11 is 0. The van der Waals surface area contributed by atoms with E-state index in [-0.39, 0.29) is 18.0 Å². The van der Waals surface area contributed by atoms with Crippen molar-refractivity contribution in [3.8, 4) is 28.0 Å². The number of amides is 1. The zero-order chi connectivity index (χ0) is 25.3. The molecule has 1 amide bonds. The molecule has 2 heterocycles. The van der Waals surface area contributed by atoms with Crippen molar-refractivity contribution in [1.29, 1.82) is 0 Å². The summed E-state index contributed by atoms with van der Waals surface area (Å²) in [5, 5.41) is 0. The molecule has 184 valence electrons. The number of aromatic nitrogens is 1. The molecule has 0 unspecified atom stereocenters. The van der Waals surface area contributed by atoms with Crippen molar-refractivity contribution in [2.24, 2.45) is 5.73 Å². The second-order valence-corrected chi connectivity index (χ2v) is 8.66. The van der Waals surface area contributed by atoms with Crippen molar-refractivity contribution in [3.05, 3.63) is 65.9 Å². The quantitative estimate of drug-likeness (QED) is 0.528. The van der Waals surface area contributed by atoms with Crippen LogP contribution >= 0.6 is 0 Å². The summed E-state index contributed by atoms with van der Waals surface area (Å²) in [4.78, 5) is 19.2. The highest BCUT2D eigenvalue weighted by atomic mass is 19.4. The number of carbonyl (C=O) groups is 1. The Hall–Kier alpha value is -3.59. The fourth-order valence-electron chi connectivity index (χ4n) is 4.52. The lowest BCUT2D eigenvalue weighted by Gasteiger charge is -2.36. The largest absolute Gasteiger partial charge is 0.573 e. The highest BCUT2D eigenvalue weighted by Crippen LogP contribution is 2.34. The Morgan fingerprint density at radius 3 is 2.14 bits per heavy atom. The molecule has 4 rings (SSSR count). The van der Waals surface area contributed by atoms with E-state index in [1.807, 2.05) is 32.0 Å². The average molecular weight is 486 g/mol. The Morgan fingerprint density at radius 2 is 1.60 bits per heavy atom. The molecule has 1 aromatic heterocycles. The number of pyridine rings is 1. The van der Waals surface area contributed by atoms with Gasteiger partial charge in [0.25, 0.3) is 0 Å². The van der Waals surface area contributed by atoms with Gasteiger partial charge in [-0.1, -0.05) is 24.3 Å². The van der Waals surface area contributed by atoms with E-state index >= 15 is 0 Å². The molecule has 0 radical (unpaired) electrons. The number of nitrogens with two attached hydrogens (primary N) is 1. The van der Waals surface area contributed by atoms with E-state index in [1.54, 1.807) is 19.2 Å². The van der Waals surface area contributed by atoms with Gasteiger partial charge < -0.3 is 20.1 Å². The Morgan fingerprint density at radius 1 is 1.00 bits per heavy atom. The van der Waals surface area contributed by atoms with Gasteiger partial charge in [0.15, 0.2) is 0 Å². The van der Waals surface area contributed by atoms with Gasteiger partial charge in [-0.3, -0.25) is 4.79 Å². The number of primary amides is 1. The minimum absolute atomic E-state index is 0.103. The second kappa shape index (κ2) is 9.58. The van der Waals surface area contributed by atoms with Crippen LogP contribution in [0.5, 0.6) is 5.75 Å². The Balaban J connectivity index is 1.64. The summed E-state index contributed by atoms with van der Waals surface area (Å²) in [5.74, 6) is -0.0944. The number of carbonyl (C=O) groups excluding carboxylic acids is 1. The molecule has 0 aliphatic carbocycles. The van der Waals surface area contributed by atoms with Crippen LogP contribution in [0.4, 0.5) is 19.0 Å². The fourth-order valence-corrected chi connectivity index (χ4v) is 4.52. The summed E-state index contributed by atoms with van der Waals surface area (Å²) in [6.07, 6.45) is -2.85. The van der Waals surface area contributed by atoms with Crippen LogP contribution in [0.15, 0.2) is 54.7 Å². The highest BCUT2D eigenvalue weighted by Gasteiger charge is 2.31. The zero-order valence-electron chi connectivity index (χ0n) is 19.6. The minimum atomic E-state index is -4.76. The van der Waals surface area contributed by atoms with Gasteiger partial charge in [-0.2, -0.15) is 0 Å². The lowest BCUT2D eigenvalue weighted by Crippen LogP contribution is -2.45. The first-order chi connectivity index (χ1) is 16.5. The van der Waals surface area contributed by atoms with Gasteiger partial charge in [0.1, 0.15) is 11.6 Å². The number of hydrogen-bond acceptors (Lipinski definition) is 5. The van der Waals surface area contributed by atoms with E-state index in [2.05, 4.69) is 14.6 Å². The Kier molecular flexibility index (Phi) is 6.71. The third kappa shape index (κ3) is 5.57. The number of nitrogens with zero attached hydrogens (tertiary/aromatic N) is 2. The first kappa shape index (κ1) is 24.5. The number of morpholine rings is 1. The molecule has 35 heavy (non-hydrogen) atoms. The molecule has 2 atom stereocenters. The van der Waals surface area contributed by atoms with Crippen molar-refractivity contribution in [2.75, 3.05) is 18.0 Å². The molecular weight excluding hydrogens is 459 g/mol. The molecule has 0 saturated carbocycles. The molecule has 0 spiro atoms. The molecule has 1 aliphatic rings. The predicted molar refractivity (Wildman–Crippen MR) is 127 cm³/mol. The molecular formula is C26H26F3N3O3. The van der Waals surface area contributed by atoms with Crippen LogP contribution in [0, 0.1) is 6.92 Å². The first-order valence-electron chi connectivity index (χ1n) is 11.2. The summed E-state index contributed by atoms with van der Waals surface area (Å²) in [6, 6.07) is 12.9. The molecule has 1 fully saturated rings. The average Bonchev–Trinajstić information content (AvgIpc) is 2.78. The number of alkyl halides is 3. The van der Waals surface area contributed by atoms with Gasteiger partial charge in [-0.05, 0) is 67.3 Å². The van der Waals surface area contributed by atoms with Crippen molar-refractivity contribution >= 4 is 11.7 Å². The smallest absolute Gasteiger partial charge is 0.406 e. The van der Waals surface area contributed by atoms with Crippen LogP contribution < -0.4 is 15.4 Å². The fraction of sp³-hybridized carbons (Fsp3) is 0.308. The summed E-state index contributed by atoms with van der Waals surface area (Å²) in [5.41, 5.74) is 9.39. The number of halogens is 3. The van der Waals surface area contributed by atoms with Gasteiger partial charge in [0, 0.05) is 24.8 Å². The Labute approximate surface area is 201 Å². The van der Waals surface area contributed by atoms with Gasteiger partial charge in [0.2, 0.25) is 5.91 Å². The van der Waals surface area contributed by atoms with Crippen molar-refractivity contribution < 1.29 is 27.4 Å². The van der Waals surface area contributed by atoms with Crippen molar-refractivity contribution in [3.63, 3.8) is 0 Å². The maximum absolute atomic E-state index is 12.5. The third-order valence-electron chi connectivity index (χ3n) is 5.91. The van der Waals surface area contributed by atoms with E-state index in [9.17, 15) is 18.0 Å². The van der Waals surface area contributed by atoms with E-state index in [0.29, 0.717) is 27.8 Å². The number of anilines is 1. The lowest BCUT2D eigenvalue weighted by molar-refractivity contribution is -0.274. The lowest BCUT2D eigenvalue weighted by atomic mass is 9.90. The maximum atomic E-state index is 12.5. The molecule has 0 bridgehead atoms. The van der Waals surface area contributed by atoms with E-state index in [1.165, 1.54) is 24.3 Å². The van der Waals surface area contributed by atoms with Crippen LogP contribution in [0.2, 0.25) is 0 Å². The van der Waals surface area contributed by atoms with Gasteiger partial charge in [-0.15, -0.1) is 13.2 Å². The van der Waals surface area contributed by atoms with Crippen LogP contribution in [-0.4, -0.2) is 42.6 Å².